The number of carbonyl (C=O) groups excluding carboxylic acids is 2. The molecule has 6 heteroatoms. The summed E-state index contributed by atoms with van der Waals surface area (Å²) in [6.45, 7) is 6.75. The maximum Gasteiger partial charge on any atom is 0.237 e. The van der Waals surface area contributed by atoms with Gasteiger partial charge in [0.1, 0.15) is 0 Å². The van der Waals surface area contributed by atoms with Crippen LogP contribution in [0.4, 0.5) is 0 Å². The highest BCUT2D eigenvalue weighted by Crippen LogP contribution is 2.34. The minimum Gasteiger partial charge on any atom is -0.361 e. The van der Waals surface area contributed by atoms with Gasteiger partial charge >= 0.3 is 0 Å². The zero-order valence-corrected chi connectivity index (χ0v) is 15.7. The van der Waals surface area contributed by atoms with Gasteiger partial charge in [0.05, 0.1) is 6.04 Å². The average molecular weight is 356 g/mol. The van der Waals surface area contributed by atoms with Crippen LogP contribution in [0.15, 0.2) is 24.4 Å². The van der Waals surface area contributed by atoms with Gasteiger partial charge in [0, 0.05) is 43.2 Å². The van der Waals surface area contributed by atoms with Gasteiger partial charge in [-0.1, -0.05) is 26.0 Å². The second kappa shape index (κ2) is 7.91. The molecule has 140 valence electrons. The molecule has 4 N–H and O–H groups in total. The fourth-order valence-electron chi connectivity index (χ4n) is 3.73. The van der Waals surface area contributed by atoms with Crippen molar-refractivity contribution in [2.24, 2.45) is 5.92 Å². The predicted octanol–water partition coefficient (Wildman–Crippen LogP) is 2.02. The Morgan fingerprint density at radius 2 is 2.00 bits per heavy atom. The molecule has 6 nitrogen and oxygen atoms in total. The maximum absolute atomic E-state index is 12.7. The summed E-state index contributed by atoms with van der Waals surface area (Å²) in [7, 11) is 0. The minimum atomic E-state index is -0.289. The fraction of sp³-hybridized carbons (Fsp3) is 0.500. The van der Waals surface area contributed by atoms with Crippen molar-refractivity contribution >= 4 is 22.7 Å². The SMILES string of the molecule is CC(=O)NCCNC(=O)[C@@H]1Cc2c[nH]c3cccc(c23)[C@H](CC(C)C)N1. The molecule has 2 aromatic rings. The third kappa shape index (κ3) is 4.07. The van der Waals surface area contributed by atoms with Crippen molar-refractivity contribution in [1.82, 2.24) is 20.9 Å². The standard InChI is InChI=1S/C20H28N4O2/c1-12(2)9-17-15-5-4-6-16-19(15)14(11-23-16)10-18(24-17)20(26)22-8-7-21-13(3)25/h4-6,11-12,17-18,23-24H,7-10H2,1-3H3,(H,21,25)(H,22,26)/t17-,18-/m0/s1. The van der Waals surface area contributed by atoms with Crippen LogP contribution in [-0.2, 0) is 16.0 Å². The van der Waals surface area contributed by atoms with Gasteiger partial charge in [0.2, 0.25) is 11.8 Å². The van der Waals surface area contributed by atoms with Crippen molar-refractivity contribution in [2.75, 3.05) is 13.1 Å². The first kappa shape index (κ1) is 18.5. The van der Waals surface area contributed by atoms with E-state index < -0.39 is 0 Å². The number of aromatic amines is 1. The fourth-order valence-corrected chi connectivity index (χ4v) is 3.73. The van der Waals surface area contributed by atoms with E-state index in [0.717, 1.165) is 11.9 Å². The van der Waals surface area contributed by atoms with Gasteiger partial charge < -0.3 is 15.6 Å². The van der Waals surface area contributed by atoms with Gasteiger partial charge in [-0.25, -0.2) is 0 Å². The van der Waals surface area contributed by atoms with Crippen LogP contribution < -0.4 is 16.0 Å². The van der Waals surface area contributed by atoms with E-state index in [1.165, 1.54) is 23.4 Å². The van der Waals surface area contributed by atoms with Crippen LogP contribution in [0.5, 0.6) is 0 Å². The zero-order chi connectivity index (χ0) is 18.7. The summed E-state index contributed by atoms with van der Waals surface area (Å²) in [6, 6.07) is 6.17. The normalized spacial score (nSPS) is 19.4. The van der Waals surface area contributed by atoms with Gasteiger partial charge in [0.25, 0.3) is 0 Å². The first-order chi connectivity index (χ1) is 12.5. The van der Waals surface area contributed by atoms with E-state index in [9.17, 15) is 9.59 Å². The summed E-state index contributed by atoms with van der Waals surface area (Å²) >= 11 is 0. The molecule has 0 unspecified atom stereocenters. The molecule has 0 bridgehead atoms. The number of hydrogen-bond donors (Lipinski definition) is 4. The summed E-state index contributed by atoms with van der Waals surface area (Å²) in [5, 5.41) is 10.5. The van der Waals surface area contributed by atoms with Crippen LogP contribution in [0.3, 0.4) is 0 Å². The Kier molecular flexibility index (Phi) is 5.61. The number of rotatable bonds is 6. The van der Waals surface area contributed by atoms with E-state index in [-0.39, 0.29) is 23.9 Å². The molecule has 0 spiro atoms. The topological polar surface area (TPSA) is 86.0 Å². The average Bonchev–Trinajstić information content (AvgIpc) is 2.92. The van der Waals surface area contributed by atoms with E-state index in [0.29, 0.717) is 25.4 Å². The number of nitrogens with one attached hydrogen (secondary N) is 4. The first-order valence-corrected chi connectivity index (χ1v) is 9.32. The lowest BCUT2D eigenvalue weighted by Gasteiger charge is -2.25. The van der Waals surface area contributed by atoms with Crippen molar-refractivity contribution in [3.8, 4) is 0 Å². The highest BCUT2D eigenvalue weighted by molar-refractivity contribution is 5.90. The van der Waals surface area contributed by atoms with Gasteiger partial charge in [-0.15, -0.1) is 0 Å². The summed E-state index contributed by atoms with van der Waals surface area (Å²) in [5.41, 5.74) is 3.57. The molecular formula is C20H28N4O2. The van der Waals surface area contributed by atoms with Crippen LogP contribution in [0.1, 0.15) is 44.4 Å². The van der Waals surface area contributed by atoms with Crippen molar-refractivity contribution < 1.29 is 9.59 Å². The van der Waals surface area contributed by atoms with Crippen LogP contribution in [0.25, 0.3) is 10.9 Å². The molecule has 0 aliphatic carbocycles. The van der Waals surface area contributed by atoms with Gasteiger partial charge in [-0.05, 0) is 36.0 Å². The zero-order valence-electron chi connectivity index (χ0n) is 15.7. The van der Waals surface area contributed by atoms with Gasteiger partial charge in [-0.2, -0.15) is 0 Å². The summed E-state index contributed by atoms with van der Waals surface area (Å²) in [5.74, 6) is 0.409. The molecule has 0 fully saturated rings. The molecule has 0 saturated carbocycles. The number of H-pyrrole nitrogens is 1. The molecule has 26 heavy (non-hydrogen) atoms. The summed E-state index contributed by atoms with van der Waals surface area (Å²) in [6.07, 6.45) is 3.64. The molecule has 3 rings (SSSR count). The van der Waals surface area contributed by atoms with Crippen LogP contribution in [-0.4, -0.2) is 35.9 Å². The molecule has 0 radical (unpaired) electrons. The monoisotopic (exact) mass is 356 g/mol. The first-order valence-electron chi connectivity index (χ1n) is 9.32. The van der Waals surface area contributed by atoms with Crippen LogP contribution in [0, 0.1) is 5.92 Å². The lowest BCUT2D eigenvalue weighted by molar-refractivity contribution is -0.124. The molecule has 2 atom stereocenters. The quantitative estimate of drug-likeness (QED) is 0.597. The Balaban J connectivity index is 1.79. The predicted molar refractivity (Wildman–Crippen MR) is 103 cm³/mol. The van der Waals surface area contributed by atoms with E-state index in [4.69, 9.17) is 0 Å². The molecule has 2 heterocycles. The molecular weight excluding hydrogens is 328 g/mol. The summed E-state index contributed by atoms with van der Waals surface area (Å²) < 4.78 is 0. The van der Waals surface area contributed by atoms with Gasteiger partial charge in [0.15, 0.2) is 0 Å². The van der Waals surface area contributed by atoms with Gasteiger partial charge in [-0.3, -0.25) is 14.9 Å². The molecule has 1 aliphatic heterocycles. The number of amides is 2. The molecule has 1 aromatic carbocycles. The highest BCUT2D eigenvalue weighted by Gasteiger charge is 2.29. The molecule has 1 aromatic heterocycles. The Bertz CT molecular complexity index is 796. The van der Waals surface area contributed by atoms with E-state index in [2.05, 4.69) is 53.0 Å². The number of aromatic nitrogens is 1. The third-order valence-corrected chi connectivity index (χ3v) is 4.84. The van der Waals surface area contributed by atoms with E-state index in [1.54, 1.807) is 0 Å². The van der Waals surface area contributed by atoms with E-state index in [1.807, 2.05) is 6.20 Å². The Morgan fingerprint density at radius 3 is 2.73 bits per heavy atom. The van der Waals surface area contributed by atoms with E-state index >= 15 is 0 Å². The minimum absolute atomic E-state index is 0.0220. The van der Waals surface area contributed by atoms with Crippen molar-refractivity contribution in [3.05, 3.63) is 35.5 Å². The van der Waals surface area contributed by atoms with Crippen LogP contribution in [0.2, 0.25) is 0 Å². The smallest absolute Gasteiger partial charge is 0.237 e. The van der Waals surface area contributed by atoms with Crippen LogP contribution >= 0.6 is 0 Å². The Morgan fingerprint density at radius 1 is 1.23 bits per heavy atom. The summed E-state index contributed by atoms with van der Waals surface area (Å²) in [4.78, 5) is 27.0. The van der Waals surface area contributed by atoms with Crippen molar-refractivity contribution in [3.63, 3.8) is 0 Å². The largest absolute Gasteiger partial charge is 0.361 e. The molecule has 2 amide bonds. The second-order valence-corrected chi connectivity index (χ2v) is 7.46. The Hall–Kier alpha value is -2.34. The number of benzene rings is 1. The lowest BCUT2D eigenvalue weighted by atomic mass is 9.94. The second-order valence-electron chi connectivity index (χ2n) is 7.46. The number of carbonyl (C=O) groups is 2. The van der Waals surface area contributed by atoms with Crippen molar-refractivity contribution in [1.29, 1.82) is 0 Å². The van der Waals surface area contributed by atoms with Crippen molar-refractivity contribution in [2.45, 2.75) is 45.7 Å². The molecule has 1 aliphatic rings. The molecule has 0 saturated heterocycles. The number of hydrogen-bond acceptors (Lipinski definition) is 3. The third-order valence-electron chi connectivity index (χ3n) is 4.84. The highest BCUT2D eigenvalue weighted by atomic mass is 16.2. The lowest BCUT2D eigenvalue weighted by Crippen LogP contribution is -2.48. The Labute approximate surface area is 154 Å². The maximum atomic E-state index is 12.7.